The number of hydrogen-bond donors (Lipinski definition) is 3. The molecule has 4 nitrogen and oxygen atoms in total. The van der Waals surface area contributed by atoms with E-state index in [0.717, 1.165) is 6.54 Å². The third-order valence-electron chi connectivity index (χ3n) is 3.00. The Morgan fingerprint density at radius 3 is 2.43 bits per heavy atom. The highest BCUT2D eigenvalue weighted by Crippen LogP contribution is 2.00. The van der Waals surface area contributed by atoms with Gasteiger partial charge in [0.1, 0.15) is 0 Å². The van der Waals surface area contributed by atoms with E-state index in [1.165, 1.54) is 38.8 Å². The summed E-state index contributed by atoms with van der Waals surface area (Å²) in [5.41, 5.74) is 2.22. The molecule has 0 bridgehead atoms. The summed E-state index contributed by atoms with van der Waals surface area (Å²) in [6.07, 6.45) is 5.29. The minimum Gasteiger partial charge on any atom is -0.334 e. The fourth-order valence-electron chi connectivity index (χ4n) is 2.10. The van der Waals surface area contributed by atoms with Gasteiger partial charge in [0, 0.05) is 0 Å². The highest BCUT2D eigenvalue weighted by molar-refractivity contribution is 5.77. The van der Waals surface area contributed by atoms with Gasteiger partial charge in [-0.05, 0) is 32.6 Å². The van der Waals surface area contributed by atoms with Crippen molar-refractivity contribution in [2.75, 3.05) is 19.6 Å². The van der Waals surface area contributed by atoms with E-state index in [4.69, 9.17) is 5.84 Å². The zero-order valence-corrected chi connectivity index (χ0v) is 9.01. The molecule has 1 saturated heterocycles. The van der Waals surface area contributed by atoms with Gasteiger partial charge in [-0.25, -0.2) is 5.84 Å². The van der Waals surface area contributed by atoms with Crippen LogP contribution in [0.25, 0.3) is 0 Å². The van der Waals surface area contributed by atoms with Gasteiger partial charge in [-0.3, -0.25) is 10.2 Å². The van der Waals surface area contributed by atoms with E-state index in [0.29, 0.717) is 0 Å². The maximum absolute atomic E-state index is 11.2. The van der Waals surface area contributed by atoms with Crippen LogP contribution < -0.4 is 16.2 Å². The van der Waals surface area contributed by atoms with Crippen LogP contribution in [0.2, 0.25) is 0 Å². The Labute approximate surface area is 85.8 Å². The highest BCUT2D eigenvalue weighted by atomic mass is 16.2. The van der Waals surface area contributed by atoms with Gasteiger partial charge >= 0.3 is 0 Å². The van der Waals surface area contributed by atoms with Crippen LogP contribution in [0.3, 0.4) is 0 Å². The van der Waals surface area contributed by atoms with Crippen LogP contribution in [0.4, 0.5) is 0 Å². The Hall–Kier alpha value is -0.610. The van der Waals surface area contributed by atoms with E-state index < -0.39 is 0 Å². The van der Waals surface area contributed by atoms with Crippen molar-refractivity contribution < 1.29 is 9.69 Å². The largest absolute Gasteiger partial charge is 0.334 e. The summed E-state index contributed by atoms with van der Waals surface area (Å²) < 4.78 is 0. The summed E-state index contributed by atoms with van der Waals surface area (Å²) in [6.45, 7) is 5.29. The fourth-order valence-corrected chi connectivity index (χ4v) is 2.10. The topological polar surface area (TPSA) is 59.6 Å². The molecule has 82 valence electrons. The second-order valence-corrected chi connectivity index (χ2v) is 4.28. The number of nitrogens with one attached hydrogen (secondary N) is 2. The lowest BCUT2D eigenvalue weighted by Crippen LogP contribution is -3.12. The van der Waals surface area contributed by atoms with Gasteiger partial charge in [0.15, 0.2) is 0 Å². The SMILES string of the molecule is C[C@@H](C[NH+]1CCCCCC1)C(=O)NN. The zero-order chi connectivity index (χ0) is 10.4. The van der Waals surface area contributed by atoms with Crippen LogP contribution in [0.5, 0.6) is 0 Å². The Morgan fingerprint density at radius 2 is 1.93 bits per heavy atom. The molecule has 1 rings (SSSR count). The number of hydrogen-bond acceptors (Lipinski definition) is 2. The lowest BCUT2D eigenvalue weighted by atomic mass is 10.1. The predicted octanol–water partition coefficient (Wildman–Crippen LogP) is -0.929. The zero-order valence-electron chi connectivity index (χ0n) is 9.01. The van der Waals surface area contributed by atoms with Gasteiger partial charge in [-0.2, -0.15) is 0 Å². The molecule has 1 atom stereocenters. The molecule has 0 spiro atoms. The highest BCUT2D eigenvalue weighted by Gasteiger charge is 2.19. The third-order valence-corrected chi connectivity index (χ3v) is 3.00. The molecule has 1 heterocycles. The number of carbonyl (C=O) groups is 1. The van der Waals surface area contributed by atoms with Crippen LogP contribution in [0, 0.1) is 5.92 Å². The molecule has 0 saturated carbocycles. The molecule has 1 aliphatic rings. The van der Waals surface area contributed by atoms with E-state index >= 15 is 0 Å². The number of quaternary nitrogens is 1. The first-order chi connectivity index (χ1) is 6.74. The Morgan fingerprint density at radius 1 is 1.36 bits per heavy atom. The predicted molar refractivity (Wildman–Crippen MR) is 55.5 cm³/mol. The maximum Gasteiger partial charge on any atom is 0.242 e. The number of hydrazine groups is 1. The average Bonchev–Trinajstić information content (AvgIpc) is 2.45. The van der Waals surface area contributed by atoms with E-state index in [1.54, 1.807) is 4.90 Å². The van der Waals surface area contributed by atoms with Crippen LogP contribution in [0.1, 0.15) is 32.6 Å². The molecule has 4 heteroatoms. The first-order valence-electron chi connectivity index (χ1n) is 5.58. The first kappa shape index (κ1) is 11.5. The Bertz CT molecular complexity index is 176. The van der Waals surface area contributed by atoms with Crippen molar-refractivity contribution in [2.24, 2.45) is 11.8 Å². The lowest BCUT2D eigenvalue weighted by Gasteiger charge is -2.20. The molecule has 4 N–H and O–H groups in total. The smallest absolute Gasteiger partial charge is 0.242 e. The van der Waals surface area contributed by atoms with Gasteiger partial charge in [-0.1, -0.05) is 0 Å². The van der Waals surface area contributed by atoms with Crippen LogP contribution >= 0.6 is 0 Å². The van der Waals surface area contributed by atoms with Crippen LogP contribution in [-0.2, 0) is 4.79 Å². The molecule has 0 unspecified atom stereocenters. The number of rotatable bonds is 3. The normalized spacial score (nSPS) is 21.3. The standard InChI is InChI=1S/C10H21N3O/c1-9(10(14)12-11)8-13-6-4-2-3-5-7-13/h9H,2-8,11H2,1H3,(H,12,14)/p+1/t9-/m0/s1. The molecule has 14 heavy (non-hydrogen) atoms. The summed E-state index contributed by atoms with van der Waals surface area (Å²) in [5, 5.41) is 0. The van der Waals surface area contributed by atoms with Crippen molar-refractivity contribution in [2.45, 2.75) is 32.6 Å². The number of amides is 1. The van der Waals surface area contributed by atoms with E-state index in [9.17, 15) is 4.79 Å². The molecule has 0 aliphatic carbocycles. The fraction of sp³-hybridized carbons (Fsp3) is 0.900. The summed E-state index contributed by atoms with van der Waals surface area (Å²) in [4.78, 5) is 12.8. The molecule has 1 fully saturated rings. The molecule has 1 aliphatic heterocycles. The summed E-state index contributed by atoms with van der Waals surface area (Å²) in [5.74, 6) is 5.10. The minimum atomic E-state index is -0.0400. The monoisotopic (exact) mass is 200 g/mol. The quantitative estimate of drug-likeness (QED) is 0.313. The molecular formula is C10H22N3O+. The van der Waals surface area contributed by atoms with E-state index in [2.05, 4.69) is 5.43 Å². The van der Waals surface area contributed by atoms with E-state index in [1.807, 2.05) is 6.92 Å². The summed E-state index contributed by atoms with van der Waals surface area (Å²) in [6, 6.07) is 0. The van der Waals surface area contributed by atoms with Crippen molar-refractivity contribution >= 4 is 5.91 Å². The molecule has 0 aromatic carbocycles. The van der Waals surface area contributed by atoms with Crippen molar-refractivity contribution in [1.82, 2.24) is 5.43 Å². The summed E-state index contributed by atoms with van der Waals surface area (Å²) in [7, 11) is 0. The maximum atomic E-state index is 11.2. The van der Waals surface area contributed by atoms with Crippen LogP contribution in [0.15, 0.2) is 0 Å². The van der Waals surface area contributed by atoms with E-state index in [-0.39, 0.29) is 11.8 Å². The van der Waals surface area contributed by atoms with Crippen molar-refractivity contribution in [3.05, 3.63) is 0 Å². The molecule has 0 radical (unpaired) electrons. The molecular weight excluding hydrogens is 178 g/mol. The van der Waals surface area contributed by atoms with Crippen molar-refractivity contribution in [3.8, 4) is 0 Å². The third kappa shape index (κ3) is 3.64. The number of likely N-dealkylation sites (tertiary alicyclic amines) is 1. The average molecular weight is 200 g/mol. The van der Waals surface area contributed by atoms with Crippen molar-refractivity contribution in [3.63, 3.8) is 0 Å². The molecule has 1 amide bonds. The van der Waals surface area contributed by atoms with Gasteiger partial charge in [0.25, 0.3) is 0 Å². The van der Waals surface area contributed by atoms with Gasteiger partial charge in [0.2, 0.25) is 5.91 Å². The first-order valence-corrected chi connectivity index (χ1v) is 5.58. The Balaban J connectivity index is 2.30. The second kappa shape index (κ2) is 5.98. The summed E-state index contributed by atoms with van der Waals surface area (Å²) >= 11 is 0. The van der Waals surface area contributed by atoms with Crippen molar-refractivity contribution in [1.29, 1.82) is 0 Å². The van der Waals surface area contributed by atoms with Crippen LogP contribution in [-0.4, -0.2) is 25.5 Å². The van der Waals surface area contributed by atoms with Gasteiger partial charge in [-0.15, -0.1) is 0 Å². The van der Waals surface area contributed by atoms with Gasteiger partial charge < -0.3 is 4.90 Å². The molecule has 0 aromatic heterocycles. The number of nitrogens with two attached hydrogens (primary N) is 1. The minimum absolute atomic E-state index is 0.0353. The second-order valence-electron chi connectivity index (χ2n) is 4.28. The molecule has 0 aromatic rings. The Kier molecular flexibility index (Phi) is 4.90. The van der Waals surface area contributed by atoms with Gasteiger partial charge in [0.05, 0.1) is 25.6 Å². The lowest BCUT2D eigenvalue weighted by molar-refractivity contribution is -0.901. The number of carbonyl (C=O) groups excluding carboxylic acids is 1.